The number of benzene rings is 1. The van der Waals surface area contributed by atoms with Crippen molar-refractivity contribution >= 4 is 11.9 Å². The number of carbonyl (C=O) groups excluding carboxylic acids is 1. The number of nitrogens with zero attached hydrogens (tertiary/aromatic N) is 3. The van der Waals surface area contributed by atoms with Crippen LogP contribution >= 0.6 is 0 Å². The summed E-state index contributed by atoms with van der Waals surface area (Å²) in [6.07, 6.45) is 4.84. The fraction of sp³-hybridized carbons (Fsp3) is 0.389. The number of halogens is 1. The molecule has 3 rings (SSSR count). The summed E-state index contributed by atoms with van der Waals surface area (Å²) in [5.74, 6) is 0.123. The zero-order valence-electron chi connectivity index (χ0n) is 13.8. The van der Waals surface area contributed by atoms with Crippen LogP contribution in [0.1, 0.15) is 40.9 Å². The molecule has 5 nitrogen and oxygen atoms in total. The minimum atomic E-state index is -0.265. The summed E-state index contributed by atoms with van der Waals surface area (Å²) in [5, 5.41) is 3.00. The van der Waals surface area contributed by atoms with Gasteiger partial charge in [-0.3, -0.25) is 4.79 Å². The molecule has 0 aliphatic carbocycles. The Morgan fingerprint density at radius 1 is 1.25 bits per heavy atom. The van der Waals surface area contributed by atoms with Gasteiger partial charge in [0.2, 0.25) is 5.95 Å². The quantitative estimate of drug-likeness (QED) is 0.936. The number of aromatic nitrogens is 2. The van der Waals surface area contributed by atoms with Crippen LogP contribution in [0.4, 0.5) is 10.3 Å². The molecule has 0 atom stereocenters. The number of carbonyl (C=O) groups is 1. The molecule has 2 aromatic rings. The summed E-state index contributed by atoms with van der Waals surface area (Å²) in [6.45, 7) is 3.69. The largest absolute Gasteiger partial charge is 0.350 e. The topological polar surface area (TPSA) is 58.1 Å². The van der Waals surface area contributed by atoms with Gasteiger partial charge in [-0.05, 0) is 32.3 Å². The molecule has 24 heavy (non-hydrogen) atoms. The van der Waals surface area contributed by atoms with Gasteiger partial charge in [-0.2, -0.15) is 0 Å². The van der Waals surface area contributed by atoms with E-state index in [4.69, 9.17) is 0 Å². The molecule has 6 heteroatoms. The molecule has 2 heterocycles. The summed E-state index contributed by atoms with van der Waals surface area (Å²) in [4.78, 5) is 22.9. The van der Waals surface area contributed by atoms with Crippen LogP contribution in [0.3, 0.4) is 0 Å². The zero-order valence-corrected chi connectivity index (χ0v) is 13.8. The molecule has 1 aromatic carbocycles. The maximum absolute atomic E-state index is 13.6. The molecule has 1 aliphatic rings. The zero-order chi connectivity index (χ0) is 16.9. The Morgan fingerprint density at radius 2 is 2.00 bits per heavy atom. The Hall–Kier alpha value is -2.50. The van der Waals surface area contributed by atoms with Crippen LogP contribution in [0.25, 0.3) is 0 Å². The van der Waals surface area contributed by atoms with Crippen molar-refractivity contribution < 1.29 is 9.18 Å². The van der Waals surface area contributed by atoms with Crippen LogP contribution < -0.4 is 5.32 Å². The van der Waals surface area contributed by atoms with Crippen molar-refractivity contribution in [3.63, 3.8) is 0 Å². The van der Waals surface area contributed by atoms with Crippen LogP contribution in [0.15, 0.2) is 30.5 Å². The Labute approximate surface area is 140 Å². The fourth-order valence-corrected chi connectivity index (χ4v) is 2.85. The first-order valence-electron chi connectivity index (χ1n) is 8.25. The Kier molecular flexibility index (Phi) is 5.03. The lowest BCUT2D eigenvalue weighted by molar-refractivity contribution is 0.0722. The molecule has 0 spiro atoms. The second kappa shape index (κ2) is 7.38. The van der Waals surface area contributed by atoms with E-state index in [-0.39, 0.29) is 11.7 Å². The maximum Gasteiger partial charge on any atom is 0.257 e. The van der Waals surface area contributed by atoms with Crippen molar-refractivity contribution in [3.05, 3.63) is 53.1 Å². The summed E-state index contributed by atoms with van der Waals surface area (Å²) in [7, 11) is 0. The van der Waals surface area contributed by atoms with Crippen LogP contribution in [0, 0.1) is 12.7 Å². The predicted octanol–water partition coefficient (Wildman–Crippen LogP) is 3.16. The molecular formula is C18H21FN4O. The first kappa shape index (κ1) is 16.4. The smallest absolute Gasteiger partial charge is 0.257 e. The van der Waals surface area contributed by atoms with E-state index in [2.05, 4.69) is 15.3 Å². The third kappa shape index (κ3) is 3.69. The van der Waals surface area contributed by atoms with Crippen molar-refractivity contribution in [2.24, 2.45) is 0 Å². The molecular weight excluding hydrogens is 307 g/mol. The molecule has 1 N–H and O–H groups in total. The molecule has 1 fully saturated rings. The van der Waals surface area contributed by atoms with Gasteiger partial charge in [0.05, 0.1) is 11.3 Å². The van der Waals surface area contributed by atoms with E-state index >= 15 is 0 Å². The lowest BCUT2D eigenvalue weighted by Crippen LogP contribution is -2.36. The Bertz CT molecular complexity index is 729. The van der Waals surface area contributed by atoms with Gasteiger partial charge >= 0.3 is 0 Å². The summed E-state index contributed by atoms with van der Waals surface area (Å²) in [5.41, 5.74) is 1.72. The van der Waals surface area contributed by atoms with E-state index < -0.39 is 0 Å². The predicted molar refractivity (Wildman–Crippen MR) is 90.3 cm³/mol. The number of aryl methyl sites for hydroxylation is 1. The van der Waals surface area contributed by atoms with Crippen molar-refractivity contribution in [1.82, 2.24) is 14.9 Å². The van der Waals surface area contributed by atoms with E-state index in [0.717, 1.165) is 25.9 Å². The number of piperidine rings is 1. The molecule has 0 radical (unpaired) electrons. The molecule has 1 aromatic heterocycles. The lowest BCUT2D eigenvalue weighted by atomic mass is 10.1. The second-order valence-electron chi connectivity index (χ2n) is 5.99. The number of amides is 1. The van der Waals surface area contributed by atoms with Gasteiger partial charge in [-0.25, -0.2) is 14.4 Å². The molecule has 1 aliphatic heterocycles. The standard InChI is InChI=1S/C18H21FN4O/c1-13-15(17(24)23-9-5-2-6-10-23)12-21-18(22-13)20-11-14-7-3-4-8-16(14)19/h3-4,7-8,12H,2,5-6,9-11H2,1H3,(H,20,21,22). The lowest BCUT2D eigenvalue weighted by Gasteiger charge is -2.27. The van der Waals surface area contributed by atoms with Crippen LogP contribution in [-0.2, 0) is 6.54 Å². The maximum atomic E-state index is 13.6. The van der Waals surface area contributed by atoms with Gasteiger partial charge in [-0.1, -0.05) is 18.2 Å². The molecule has 0 unspecified atom stereocenters. The van der Waals surface area contributed by atoms with E-state index in [0.29, 0.717) is 29.3 Å². The van der Waals surface area contributed by atoms with E-state index in [9.17, 15) is 9.18 Å². The SMILES string of the molecule is Cc1nc(NCc2ccccc2F)ncc1C(=O)N1CCCCC1. The molecule has 1 amide bonds. The average molecular weight is 328 g/mol. The number of likely N-dealkylation sites (tertiary alicyclic amines) is 1. The van der Waals surface area contributed by atoms with Crippen molar-refractivity contribution in [1.29, 1.82) is 0 Å². The van der Waals surface area contributed by atoms with Gasteiger partial charge in [-0.15, -0.1) is 0 Å². The van der Waals surface area contributed by atoms with Crippen LogP contribution in [0.2, 0.25) is 0 Å². The monoisotopic (exact) mass is 328 g/mol. The third-order valence-corrected chi connectivity index (χ3v) is 4.25. The van der Waals surface area contributed by atoms with Crippen molar-refractivity contribution in [3.8, 4) is 0 Å². The highest BCUT2D eigenvalue weighted by atomic mass is 19.1. The third-order valence-electron chi connectivity index (χ3n) is 4.25. The number of hydrogen-bond acceptors (Lipinski definition) is 4. The molecule has 126 valence electrons. The number of hydrogen-bond donors (Lipinski definition) is 1. The van der Waals surface area contributed by atoms with Crippen molar-refractivity contribution in [2.75, 3.05) is 18.4 Å². The first-order valence-corrected chi connectivity index (χ1v) is 8.25. The molecule has 0 bridgehead atoms. The van der Waals surface area contributed by atoms with Gasteiger partial charge in [0.25, 0.3) is 5.91 Å². The summed E-state index contributed by atoms with van der Waals surface area (Å²) < 4.78 is 13.6. The van der Waals surface area contributed by atoms with E-state index in [1.807, 2.05) is 4.90 Å². The Balaban J connectivity index is 1.68. The van der Waals surface area contributed by atoms with Gasteiger partial charge in [0.1, 0.15) is 5.82 Å². The average Bonchev–Trinajstić information content (AvgIpc) is 2.61. The van der Waals surface area contributed by atoms with Crippen molar-refractivity contribution in [2.45, 2.75) is 32.7 Å². The highest BCUT2D eigenvalue weighted by molar-refractivity contribution is 5.95. The minimum absolute atomic E-state index is 0.00662. The molecule has 0 saturated carbocycles. The number of nitrogens with one attached hydrogen (secondary N) is 1. The van der Waals surface area contributed by atoms with Crippen LogP contribution in [0.5, 0.6) is 0 Å². The number of rotatable bonds is 4. The van der Waals surface area contributed by atoms with E-state index in [1.165, 1.54) is 12.5 Å². The van der Waals surface area contributed by atoms with Gasteiger partial charge in [0.15, 0.2) is 0 Å². The number of anilines is 1. The highest BCUT2D eigenvalue weighted by Crippen LogP contribution is 2.16. The summed E-state index contributed by atoms with van der Waals surface area (Å²) in [6, 6.07) is 6.57. The Morgan fingerprint density at radius 3 is 2.71 bits per heavy atom. The fourth-order valence-electron chi connectivity index (χ4n) is 2.85. The minimum Gasteiger partial charge on any atom is -0.350 e. The van der Waals surface area contributed by atoms with Gasteiger partial charge < -0.3 is 10.2 Å². The molecule has 1 saturated heterocycles. The first-order chi connectivity index (χ1) is 11.6. The van der Waals surface area contributed by atoms with E-state index in [1.54, 1.807) is 31.3 Å². The second-order valence-corrected chi connectivity index (χ2v) is 5.99. The van der Waals surface area contributed by atoms with Gasteiger partial charge in [0, 0.05) is 31.4 Å². The normalized spacial score (nSPS) is 14.5. The van der Waals surface area contributed by atoms with Crippen LogP contribution in [-0.4, -0.2) is 33.9 Å². The highest BCUT2D eigenvalue weighted by Gasteiger charge is 2.20. The summed E-state index contributed by atoms with van der Waals surface area (Å²) >= 11 is 0.